The summed E-state index contributed by atoms with van der Waals surface area (Å²) in [7, 11) is 0. The van der Waals surface area contributed by atoms with Gasteiger partial charge in [-0.05, 0) is 30.3 Å². The van der Waals surface area contributed by atoms with E-state index in [2.05, 4.69) is 10.1 Å². The lowest BCUT2D eigenvalue weighted by Gasteiger charge is -2.09. The van der Waals surface area contributed by atoms with Crippen molar-refractivity contribution >= 4 is 34.0 Å². The van der Waals surface area contributed by atoms with Gasteiger partial charge in [0, 0.05) is 17.2 Å². The molecule has 0 spiro atoms. The zero-order chi connectivity index (χ0) is 22.5. The van der Waals surface area contributed by atoms with Crippen LogP contribution in [-0.4, -0.2) is 14.6 Å². The van der Waals surface area contributed by atoms with Gasteiger partial charge in [0.2, 0.25) is 4.96 Å². The third kappa shape index (κ3) is 3.69. The average molecular weight is 474 g/mol. The zero-order valence-corrected chi connectivity index (χ0v) is 17.5. The summed E-state index contributed by atoms with van der Waals surface area (Å²) in [4.78, 5) is 17.5. The summed E-state index contributed by atoms with van der Waals surface area (Å²) in [6.07, 6.45) is -3.01. The van der Waals surface area contributed by atoms with Crippen LogP contribution in [0.15, 0.2) is 69.9 Å². The summed E-state index contributed by atoms with van der Waals surface area (Å²) < 4.78 is 46.3. The van der Waals surface area contributed by atoms with Gasteiger partial charge in [-0.3, -0.25) is 4.79 Å². The van der Waals surface area contributed by atoms with E-state index >= 15 is 0 Å². The number of halogens is 4. The van der Waals surface area contributed by atoms with Crippen molar-refractivity contribution in [2.75, 3.05) is 0 Å². The highest BCUT2D eigenvalue weighted by Crippen LogP contribution is 2.36. The lowest BCUT2D eigenvalue weighted by molar-refractivity contribution is -0.137. The van der Waals surface area contributed by atoms with Crippen LogP contribution >= 0.6 is 22.9 Å². The van der Waals surface area contributed by atoms with Crippen LogP contribution in [0.4, 0.5) is 13.2 Å². The van der Waals surface area contributed by atoms with E-state index in [0.29, 0.717) is 21.1 Å². The van der Waals surface area contributed by atoms with Crippen LogP contribution in [0.3, 0.4) is 0 Å². The minimum Gasteiger partial charge on any atom is -0.457 e. The molecule has 0 atom stereocenters. The van der Waals surface area contributed by atoms with Crippen molar-refractivity contribution in [3.63, 3.8) is 0 Å². The van der Waals surface area contributed by atoms with E-state index in [1.807, 2.05) is 30.3 Å². The summed E-state index contributed by atoms with van der Waals surface area (Å²) in [6, 6.07) is 15.3. The lowest BCUT2D eigenvalue weighted by atomic mass is 10.1. The Bertz CT molecular complexity index is 1560. The van der Waals surface area contributed by atoms with Crippen molar-refractivity contribution in [2.45, 2.75) is 6.18 Å². The molecule has 3 heterocycles. The molecule has 0 radical (unpaired) electrons. The quantitative estimate of drug-likeness (QED) is 0.357. The first-order chi connectivity index (χ1) is 15.3. The number of hydrogen-bond acceptors (Lipinski definition) is 5. The van der Waals surface area contributed by atoms with Gasteiger partial charge in [-0.25, -0.2) is 0 Å². The molecule has 5 rings (SSSR count). The van der Waals surface area contributed by atoms with Gasteiger partial charge in [0.05, 0.1) is 10.6 Å². The molecule has 5 aromatic rings. The highest BCUT2D eigenvalue weighted by Gasteiger charge is 2.31. The fraction of sp³-hybridized carbons (Fsp3) is 0.0455. The first-order valence-electron chi connectivity index (χ1n) is 9.23. The van der Waals surface area contributed by atoms with Gasteiger partial charge in [0.25, 0.3) is 5.56 Å². The number of nitrogens with zero attached hydrogens (tertiary/aromatic N) is 3. The van der Waals surface area contributed by atoms with Crippen molar-refractivity contribution in [3.8, 4) is 22.7 Å². The molecule has 32 heavy (non-hydrogen) atoms. The summed E-state index contributed by atoms with van der Waals surface area (Å²) in [5.41, 5.74) is -0.296. The predicted octanol–water partition coefficient (Wildman–Crippen LogP) is 5.30. The summed E-state index contributed by atoms with van der Waals surface area (Å²) in [5.74, 6) is 0.893. The maximum absolute atomic E-state index is 13.0. The minimum atomic E-state index is -4.50. The van der Waals surface area contributed by atoms with Gasteiger partial charge in [-0.1, -0.05) is 53.3 Å². The van der Waals surface area contributed by atoms with Crippen molar-refractivity contribution in [3.05, 3.63) is 91.9 Å². The maximum Gasteiger partial charge on any atom is 0.416 e. The largest absolute Gasteiger partial charge is 0.457 e. The SMILES string of the molecule is O=c1c(=Cc2ccc(-c3cc(C(F)(F)F)ccc3Cl)o2)sc2nc(-c3ccccc3)nn12. The zero-order valence-electron chi connectivity index (χ0n) is 15.9. The van der Waals surface area contributed by atoms with Crippen LogP contribution in [-0.2, 0) is 6.18 Å². The van der Waals surface area contributed by atoms with Crippen LogP contribution in [0, 0.1) is 0 Å². The first kappa shape index (κ1) is 20.5. The number of furan rings is 1. The van der Waals surface area contributed by atoms with Crippen molar-refractivity contribution in [1.29, 1.82) is 0 Å². The molecule has 0 saturated heterocycles. The molecule has 0 saturated carbocycles. The van der Waals surface area contributed by atoms with E-state index in [1.165, 1.54) is 22.7 Å². The van der Waals surface area contributed by atoms with Gasteiger partial charge in [-0.15, -0.1) is 5.10 Å². The second-order valence-corrected chi connectivity index (χ2v) is 8.22. The van der Waals surface area contributed by atoms with Crippen molar-refractivity contribution in [1.82, 2.24) is 14.6 Å². The molecule has 0 bridgehead atoms. The van der Waals surface area contributed by atoms with E-state index < -0.39 is 11.7 Å². The highest BCUT2D eigenvalue weighted by atomic mass is 35.5. The van der Waals surface area contributed by atoms with E-state index in [4.69, 9.17) is 16.0 Å². The molecular weight excluding hydrogens is 463 g/mol. The topological polar surface area (TPSA) is 60.4 Å². The highest BCUT2D eigenvalue weighted by molar-refractivity contribution is 7.15. The standard InChI is InChI=1S/C22H11ClF3N3O2S/c23-16-8-6-13(22(24,25)26)10-15(16)17-9-7-14(31-17)11-18-20(30)29-21(32-18)27-19(28-29)12-4-2-1-3-5-12/h1-11H. The molecule has 0 fully saturated rings. The number of fused-ring (bicyclic) bond motifs is 1. The Hall–Kier alpha value is -3.43. The second-order valence-electron chi connectivity index (χ2n) is 6.81. The third-order valence-corrected chi connectivity index (χ3v) is 5.96. The molecule has 0 amide bonds. The predicted molar refractivity (Wildman–Crippen MR) is 116 cm³/mol. The van der Waals surface area contributed by atoms with Gasteiger partial charge >= 0.3 is 6.18 Å². The molecule has 160 valence electrons. The molecule has 0 N–H and O–H groups in total. The normalized spacial score (nSPS) is 12.7. The second kappa shape index (κ2) is 7.61. The van der Waals surface area contributed by atoms with Crippen molar-refractivity contribution in [2.24, 2.45) is 0 Å². The minimum absolute atomic E-state index is 0.110. The number of thiazole rings is 1. The Kier molecular flexibility index (Phi) is 4.87. The van der Waals surface area contributed by atoms with Crippen LogP contribution in [0.2, 0.25) is 5.02 Å². The number of benzene rings is 2. The van der Waals surface area contributed by atoms with Gasteiger partial charge in [-0.2, -0.15) is 22.7 Å². The fourth-order valence-electron chi connectivity index (χ4n) is 3.14. The third-order valence-electron chi connectivity index (χ3n) is 4.67. The molecule has 0 aliphatic carbocycles. The Labute approximate surface area is 187 Å². The van der Waals surface area contributed by atoms with Gasteiger partial charge in [0.15, 0.2) is 5.82 Å². The van der Waals surface area contributed by atoms with E-state index in [9.17, 15) is 18.0 Å². The lowest BCUT2D eigenvalue weighted by Crippen LogP contribution is -2.23. The van der Waals surface area contributed by atoms with E-state index in [0.717, 1.165) is 29.0 Å². The van der Waals surface area contributed by atoms with E-state index in [1.54, 1.807) is 6.07 Å². The van der Waals surface area contributed by atoms with Crippen LogP contribution in [0.25, 0.3) is 33.7 Å². The first-order valence-corrected chi connectivity index (χ1v) is 10.4. The van der Waals surface area contributed by atoms with Gasteiger partial charge < -0.3 is 4.42 Å². The van der Waals surface area contributed by atoms with Gasteiger partial charge in [0.1, 0.15) is 16.1 Å². The monoisotopic (exact) mass is 473 g/mol. The number of rotatable bonds is 3. The smallest absolute Gasteiger partial charge is 0.416 e. The maximum atomic E-state index is 13.0. The Morgan fingerprint density at radius 1 is 1.06 bits per heavy atom. The van der Waals surface area contributed by atoms with Crippen LogP contribution in [0.1, 0.15) is 11.3 Å². The van der Waals surface area contributed by atoms with Crippen molar-refractivity contribution < 1.29 is 17.6 Å². The number of aromatic nitrogens is 3. The number of alkyl halides is 3. The van der Waals surface area contributed by atoms with Crippen LogP contribution < -0.4 is 10.1 Å². The molecule has 0 aliphatic rings. The molecule has 10 heteroatoms. The Morgan fingerprint density at radius 3 is 2.56 bits per heavy atom. The number of hydrogen-bond donors (Lipinski definition) is 0. The molecule has 0 aliphatic heterocycles. The van der Waals surface area contributed by atoms with Crippen LogP contribution in [0.5, 0.6) is 0 Å². The molecule has 3 aromatic heterocycles. The summed E-state index contributed by atoms with van der Waals surface area (Å²) in [5, 5.41) is 4.39. The average Bonchev–Trinajstić information content (AvgIpc) is 3.46. The Morgan fingerprint density at radius 2 is 1.84 bits per heavy atom. The molecular formula is C22H11ClF3N3O2S. The summed E-state index contributed by atoms with van der Waals surface area (Å²) >= 11 is 7.21. The molecule has 5 nitrogen and oxygen atoms in total. The molecule has 0 unspecified atom stereocenters. The summed E-state index contributed by atoms with van der Waals surface area (Å²) in [6.45, 7) is 0. The Balaban J connectivity index is 1.52. The van der Waals surface area contributed by atoms with E-state index in [-0.39, 0.29) is 21.9 Å². The molecule has 2 aromatic carbocycles. The fourth-order valence-corrected chi connectivity index (χ4v) is 4.24.